The molecule has 8 aromatic rings. The van der Waals surface area contributed by atoms with Gasteiger partial charge >= 0.3 is 34.1 Å². The Balaban J connectivity index is 0.000000478. The number of allylic oxidation sites excluding steroid dienone is 4. The van der Waals surface area contributed by atoms with Gasteiger partial charge < -0.3 is 30.6 Å². The minimum atomic E-state index is -0.264. The summed E-state index contributed by atoms with van der Waals surface area (Å²) in [5, 5.41) is 63.5. The monoisotopic (exact) mass is 1060 g/mol. The molecular formula is C62H50Mn2O10. The zero-order valence-electron chi connectivity index (χ0n) is 40.2. The van der Waals surface area contributed by atoms with Crippen LogP contribution in [-0.4, -0.2) is 37.4 Å². The van der Waals surface area contributed by atoms with Crippen molar-refractivity contribution in [2.45, 2.75) is 0 Å². The summed E-state index contributed by atoms with van der Waals surface area (Å²) in [4.78, 5) is 47.0. The molecule has 0 unspecified atom stereocenters. The van der Waals surface area contributed by atoms with Crippen LogP contribution in [0.2, 0.25) is 0 Å². The fraction of sp³-hybridized carbons (Fsp3) is 0.0323. The number of hydrogen-bond acceptors (Lipinski definition) is 10. The first-order valence-corrected chi connectivity index (χ1v) is 22.0. The third kappa shape index (κ3) is 23.2. The van der Waals surface area contributed by atoms with Gasteiger partial charge in [-0.15, -0.1) is 0 Å². The summed E-state index contributed by atoms with van der Waals surface area (Å²) in [7, 11) is 1.50. The van der Waals surface area contributed by atoms with E-state index < -0.39 is 0 Å². The number of hydrogen-bond donors (Lipinski definition) is 0. The SMILES string of the molecule is C[O-].C[O-].O=C(/C=C(\[O-])c1ccccc1)c1ccccc1.O=C(/C=C(\[O-])c1ccccc1)c1ccccc1.O=C(/C=C(\[O-])c1ccccc1)c1ccccc1.O=C(/C=C(\[O-])c1ccccc1)c1ccccc1.[Mn+3].[Mn+3]. The minimum Gasteiger partial charge on any atom is -0.872 e. The second-order valence-electron chi connectivity index (χ2n) is 14.4. The molecule has 0 saturated heterocycles. The van der Waals surface area contributed by atoms with Crippen molar-refractivity contribution in [2.24, 2.45) is 0 Å². The van der Waals surface area contributed by atoms with Crippen LogP contribution in [0, 0.1) is 0 Å². The van der Waals surface area contributed by atoms with E-state index in [9.17, 15) is 39.6 Å². The van der Waals surface area contributed by atoms with Crippen molar-refractivity contribution in [1.82, 2.24) is 0 Å². The maximum atomic E-state index is 11.8. The Hall–Kier alpha value is -8.44. The van der Waals surface area contributed by atoms with E-state index in [0.29, 0.717) is 44.5 Å². The van der Waals surface area contributed by atoms with Crippen molar-refractivity contribution in [2.75, 3.05) is 14.2 Å². The van der Waals surface area contributed by atoms with Crippen LogP contribution in [0.3, 0.4) is 0 Å². The van der Waals surface area contributed by atoms with Crippen LogP contribution in [0.4, 0.5) is 0 Å². The van der Waals surface area contributed by atoms with E-state index >= 15 is 0 Å². The summed E-state index contributed by atoms with van der Waals surface area (Å²) >= 11 is 0. The number of ketones is 4. The summed E-state index contributed by atoms with van der Waals surface area (Å²) in [6.07, 6.45) is 4.52. The molecule has 372 valence electrons. The average molecular weight is 1060 g/mol. The van der Waals surface area contributed by atoms with Gasteiger partial charge in [0, 0.05) is 22.3 Å². The van der Waals surface area contributed by atoms with E-state index in [1.165, 1.54) is 0 Å². The van der Waals surface area contributed by atoms with E-state index in [1.54, 1.807) is 194 Å². The third-order valence-corrected chi connectivity index (χ3v) is 9.52. The van der Waals surface area contributed by atoms with Gasteiger partial charge in [0.05, 0.1) is 0 Å². The third-order valence-electron chi connectivity index (χ3n) is 9.52. The van der Waals surface area contributed by atoms with E-state index in [1.807, 2.05) is 48.5 Å². The maximum Gasteiger partial charge on any atom is 3.00 e. The molecule has 0 aromatic heterocycles. The Morgan fingerprint density at radius 3 is 0.459 bits per heavy atom. The molecule has 0 bridgehead atoms. The molecule has 0 N–H and O–H groups in total. The van der Waals surface area contributed by atoms with Gasteiger partial charge in [-0.05, 0) is 46.6 Å². The molecule has 0 amide bonds. The zero-order chi connectivity index (χ0) is 52.4. The minimum absolute atomic E-state index is 0. The van der Waals surface area contributed by atoms with Gasteiger partial charge in [0.25, 0.3) is 0 Å². The number of benzene rings is 8. The average Bonchev–Trinajstić information content (AvgIpc) is 3.46. The first-order valence-electron chi connectivity index (χ1n) is 22.0. The normalized spacial score (nSPS) is 10.4. The Kier molecular flexibility index (Phi) is 32.1. The fourth-order valence-electron chi connectivity index (χ4n) is 5.96. The molecule has 0 aliphatic carbocycles. The topological polar surface area (TPSA) is 207 Å². The fourth-order valence-corrected chi connectivity index (χ4v) is 5.96. The number of rotatable bonds is 12. The van der Waals surface area contributed by atoms with Gasteiger partial charge in [0.15, 0.2) is 23.1 Å². The second kappa shape index (κ2) is 37.4. The molecule has 74 heavy (non-hydrogen) atoms. The molecule has 12 heteroatoms. The van der Waals surface area contributed by atoms with Crippen molar-refractivity contribution in [3.8, 4) is 0 Å². The summed E-state index contributed by atoms with van der Waals surface area (Å²) < 4.78 is 0. The molecule has 8 rings (SSSR count). The van der Waals surface area contributed by atoms with Crippen molar-refractivity contribution < 1.29 is 84.0 Å². The molecule has 8 aromatic carbocycles. The summed E-state index contributed by atoms with van der Waals surface area (Å²) in [6.45, 7) is 0. The summed E-state index contributed by atoms with van der Waals surface area (Å²) in [5.74, 6) is -2.12. The van der Waals surface area contributed by atoms with Crippen LogP contribution in [0.15, 0.2) is 267 Å². The van der Waals surface area contributed by atoms with Gasteiger partial charge in [0.1, 0.15) is 0 Å². The summed E-state index contributed by atoms with van der Waals surface area (Å²) in [6, 6.07) is 70.0. The van der Waals surface area contributed by atoms with Crippen molar-refractivity contribution in [3.63, 3.8) is 0 Å². The Labute approximate surface area is 453 Å². The van der Waals surface area contributed by atoms with Crippen LogP contribution < -0.4 is 30.6 Å². The second-order valence-corrected chi connectivity index (χ2v) is 14.4. The van der Waals surface area contributed by atoms with Gasteiger partial charge in [-0.3, -0.25) is 19.2 Å². The molecule has 0 heterocycles. The molecule has 0 radical (unpaired) electrons. The van der Waals surface area contributed by atoms with Crippen molar-refractivity contribution >= 4 is 46.2 Å². The van der Waals surface area contributed by atoms with Crippen LogP contribution in [-0.2, 0) is 34.1 Å². The van der Waals surface area contributed by atoms with Gasteiger partial charge in [-0.1, -0.05) is 266 Å². The number of carbonyl (C=O) groups is 4. The Morgan fingerprint density at radius 1 is 0.230 bits per heavy atom. The first-order chi connectivity index (χ1) is 35.1. The molecule has 10 nitrogen and oxygen atoms in total. The standard InChI is InChI=1S/4C15H12O2.2CH3O.2Mn/c4*16-14(12-7-3-1-4-8-12)11-15(17)13-9-5-2-6-10-13;2*1-2;;/h4*1-11,16H;2*1H3;;/q;;;;2*-1;2*+3/p-4/b4*14-11-;;;;. The van der Waals surface area contributed by atoms with Gasteiger partial charge in [-0.2, -0.15) is 14.2 Å². The zero-order valence-corrected chi connectivity index (χ0v) is 42.6. The Morgan fingerprint density at radius 2 is 0.338 bits per heavy atom. The van der Waals surface area contributed by atoms with Gasteiger partial charge in [-0.25, -0.2) is 0 Å². The van der Waals surface area contributed by atoms with E-state index in [2.05, 4.69) is 0 Å². The number of carbonyl (C=O) groups excluding carboxylic acids is 4. The Bertz CT molecular complexity index is 2540. The molecule has 0 aliphatic rings. The van der Waals surface area contributed by atoms with Crippen LogP contribution in [0.5, 0.6) is 0 Å². The largest absolute Gasteiger partial charge is 3.00 e. The van der Waals surface area contributed by atoms with Crippen LogP contribution in [0.25, 0.3) is 23.0 Å². The molecule has 0 saturated carbocycles. The quantitative estimate of drug-likeness (QED) is 0.0528. The van der Waals surface area contributed by atoms with E-state index in [-0.39, 0.29) is 80.3 Å². The first kappa shape index (κ1) is 63.6. The molecule has 0 atom stereocenters. The van der Waals surface area contributed by atoms with Crippen LogP contribution >= 0.6 is 0 Å². The smallest absolute Gasteiger partial charge is 0.872 e. The molecule has 0 aliphatic heterocycles. The maximum absolute atomic E-state index is 11.8. The molecule has 0 fully saturated rings. The summed E-state index contributed by atoms with van der Waals surface area (Å²) in [5.41, 5.74) is 4.20. The van der Waals surface area contributed by atoms with Gasteiger partial charge in [0.2, 0.25) is 0 Å². The van der Waals surface area contributed by atoms with Crippen LogP contribution in [0.1, 0.15) is 63.7 Å². The molecule has 0 spiro atoms. The predicted octanol–water partition coefficient (Wildman–Crippen LogP) is 7.03. The molecular weight excluding hydrogens is 1010 g/mol. The predicted molar refractivity (Wildman–Crippen MR) is 273 cm³/mol. The van der Waals surface area contributed by atoms with E-state index in [0.717, 1.165) is 38.5 Å². The van der Waals surface area contributed by atoms with Crippen molar-refractivity contribution in [3.05, 3.63) is 311 Å². The van der Waals surface area contributed by atoms with E-state index in [4.69, 9.17) is 10.2 Å². The van der Waals surface area contributed by atoms with Crippen molar-refractivity contribution in [1.29, 1.82) is 0 Å².